The van der Waals surface area contributed by atoms with Crippen LogP contribution in [0.3, 0.4) is 0 Å². The molecule has 0 bridgehead atoms. The summed E-state index contributed by atoms with van der Waals surface area (Å²) in [5, 5.41) is 0. The minimum atomic E-state index is -3.96. The van der Waals surface area contributed by atoms with E-state index in [1.807, 2.05) is 0 Å². The Morgan fingerprint density at radius 1 is 1.21 bits per heavy atom. The number of thioether (sulfide) groups is 1. The van der Waals surface area contributed by atoms with Gasteiger partial charge in [-0.3, -0.25) is 0 Å². The molecule has 1 aromatic rings. The van der Waals surface area contributed by atoms with E-state index in [1.165, 1.54) is 4.31 Å². The van der Waals surface area contributed by atoms with E-state index in [-0.39, 0.29) is 0 Å². The molecule has 2 rings (SSSR count). The largest absolute Gasteiger partial charge is 0.394 e. The SMILES string of the molecule is Nc1c(F)ccc(S(=O)(=O)N2CCCSCC2)c1F. The minimum absolute atomic E-state index is 0.323. The van der Waals surface area contributed by atoms with Crippen LogP contribution in [-0.2, 0) is 10.0 Å². The third kappa shape index (κ3) is 2.85. The average molecular weight is 308 g/mol. The van der Waals surface area contributed by atoms with Crippen molar-refractivity contribution in [3.05, 3.63) is 23.8 Å². The molecule has 0 aromatic heterocycles. The zero-order chi connectivity index (χ0) is 14.0. The molecule has 106 valence electrons. The molecule has 0 saturated carbocycles. The predicted molar refractivity (Wildman–Crippen MR) is 71.5 cm³/mol. The molecule has 0 amide bonds. The zero-order valence-corrected chi connectivity index (χ0v) is 11.7. The van der Waals surface area contributed by atoms with Crippen molar-refractivity contribution in [2.45, 2.75) is 11.3 Å². The predicted octanol–water partition coefficient (Wildman–Crippen LogP) is 1.67. The number of hydrogen-bond donors (Lipinski definition) is 1. The van der Waals surface area contributed by atoms with Crippen molar-refractivity contribution in [3.63, 3.8) is 0 Å². The van der Waals surface area contributed by atoms with Crippen LogP contribution in [0, 0.1) is 11.6 Å². The summed E-state index contributed by atoms with van der Waals surface area (Å²) in [5.74, 6) is -0.628. The Bertz CT molecular complexity index is 570. The molecule has 1 aromatic carbocycles. The maximum absolute atomic E-state index is 13.8. The highest BCUT2D eigenvalue weighted by Gasteiger charge is 2.29. The summed E-state index contributed by atoms with van der Waals surface area (Å²) in [6, 6.07) is 1.80. The van der Waals surface area contributed by atoms with Crippen molar-refractivity contribution in [1.29, 1.82) is 0 Å². The first-order valence-electron chi connectivity index (χ1n) is 5.76. The van der Waals surface area contributed by atoms with Crippen molar-refractivity contribution < 1.29 is 17.2 Å². The third-order valence-corrected chi connectivity index (χ3v) is 5.85. The molecule has 1 heterocycles. The number of hydrogen-bond acceptors (Lipinski definition) is 4. The quantitative estimate of drug-likeness (QED) is 0.844. The molecule has 0 spiro atoms. The first-order chi connectivity index (χ1) is 8.94. The molecule has 0 unspecified atom stereocenters. The van der Waals surface area contributed by atoms with Gasteiger partial charge in [0, 0.05) is 18.8 Å². The van der Waals surface area contributed by atoms with E-state index in [2.05, 4.69) is 0 Å². The maximum atomic E-state index is 13.8. The molecule has 0 aliphatic carbocycles. The fourth-order valence-electron chi connectivity index (χ4n) is 1.85. The highest BCUT2D eigenvalue weighted by atomic mass is 32.2. The summed E-state index contributed by atoms with van der Waals surface area (Å²) in [4.78, 5) is -0.557. The summed E-state index contributed by atoms with van der Waals surface area (Å²) in [6.07, 6.45) is 0.711. The van der Waals surface area contributed by atoms with E-state index in [0.717, 1.165) is 17.9 Å². The summed E-state index contributed by atoms with van der Waals surface area (Å²) < 4.78 is 52.8. The van der Waals surface area contributed by atoms with E-state index >= 15 is 0 Å². The molecule has 0 radical (unpaired) electrons. The highest BCUT2D eigenvalue weighted by molar-refractivity contribution is 7.99. The van der Waals surface area contributed by atoms with Crippen LogP contribution in [0.2, 0.25) is 0 Å². The Balaban J connectivity index is 2.41. The maximum Gasteiger partial charge on any atom is 0.246 e. The Kier molecular flexibility index (Phi) is 4.32. The number of anilines is 1. The third-order valence-electron chi connectivity index (χ3n) is 2.89. The summed E-state index contributed by atoms with van der Waals surface area (Å²) in [7, 11) is -3.96. The smallest absolute Gasteiger partial charge is 0.246 e. The average Bonchev–Trinajstić information content (AvgIpc) is 2.65. The van der Waals surface area contributed by atoms with Crippen LogP contribution in [0.25, 0.3) is 0 Å². The molecule has 19 heavy (non-hydrogen) atoms. The summed E-state index contributed by atoms with van der Waals surface area (Å²) >= 11 is 1.66. The van der Waals surface area contributed by atoms with E-state index in [4.69, 9.17) is 5.73 Å². The molecule has 1 saturated heterocycles. The lowest BCUT2D eigenvalue weighted by Crippen LogP contribution is -2.33. The minimum Gasteiger partial charge on any atom is -0.394 e. The molecule has 8 heteroatoms. The van der Waals surface area contributed by atoms with Crippen molar-refractivity contribution in [1.82, 2.24) is 4.31 Å². The van der Waals surface area contributed by atoms with Gasteiger partial charge in [-0.2, -0.15) is 16.1 Å². The Morgan fingerprint density at radius 2 is 1.95 bits per heavy atom. The fourth-order valence-corrected chi connectivity index (χ4v) is 4.41. The topological polar surface area (TPSA) is 63.4 Å². The lowest BCUT2D eigenvalue weighted by molar-refractivity contribution is 0.430. The van der Waals surface area contributed by atoms with Crippen LogP contribution in [0.15, 0.2) is 17.0 Å². The van der Waals surface area contributed by atoms with Gasteiger partial charge in [0.2, 0.25) is 10.0 Å². The van der Waals surface area contributed by atoms with Crippen molar-refractivity contribution in [2.75, 3.05) is 30.3 Å². The van der Waals surface area contributed by atoms with Gasteiger partial charge in [-0.15, -0.1) is 0 Å². The molecule has 4 nitrogen and oxygen atoms in total. The van der Waals surface area contributed by atoms with Gasteiger partial charge in [0.1, 0.15) is 16.4 Å². The molecular weight excluding hydrogens is 294 g/mol. The summed E-state index contributed by atoms with van der Waals surface area (Å²) in [5.41, 5.74) is 4.44. The fraction of sp³-hybridized carbons (Fsp3) is 0.455. The number of rotatable bonds is 2. The first kappa shape index (κ1) is 14.5. The molecular formula is C11H14F2N2O2S2. The number of benzene rings is 1. The second kappa shape index (κ2) is 5.64. The number of nitrogens with zero attached hydrogens (tertiary/aromatic N) is 1. The van der Waals surface area contributed by atoms with E-state index < -0.39 is 32.2 Å². The van der Waals surface area contributed by atoms with Crippen molar-refractivity contribution in [3.8, 4) is 0 Å². The van der Waals surface area contributed by atoms with Gasteiger partial charge >= 0.3 is 0 Å². The van der Waals surface area contributed by atoms with Gasteiger partial charge in [-0.25, -0.2) is 17.2 Å². The van der Waals surface area contributed by atoms with Gasteiger partial charge in [-0.05, 0) is 24.3 Å². The van der Waals surface area contributed by atoms with Gasteiger partial charge in [0.05, 0.1) is 0 Å². The highest BCUT2D eigenvalue weighted by Crippen LogP contribution is 2.26. The lowest BCUT2D eigenvalue weighted by Gasteiger charge is -2.20. The lowest BCUT2D eigenvalue weighted by atomic mass is 10.3. The van der Waals surface area contributed by atoms with Crippen LogP contribution in [-0.4, -0.2) is 37.3 Å². The molecule has 1 fully saturated rings. The van der Waals surface area contributed by atoms with Crippen LogP contribution in [0.5, 0.6) is 0 Å². The number of sulfonamides is 1. The van der Waals surface area contributed by atoms with Gasteiger partial charge < -0.3 is 5.73 Å². The zero-order valence-electron chi connectivity index (χ0n) is 10.1. The normalized spacial score (nSPS) is 18.2. The van der Waals surface area contributed by atoms with Gasteiger partial charge in [-0.1, -0.05) is 0 Å². The van der Waals surface area contributed by atoms with E-state index in [9.17, 15) is 17.2 Å². The number of halogens is 2. The first-order valence-corrected chi connectivity index (χ1v) is 8.35. The van der Waals surface area contributed by atoms with Crippen LogP contribution in [0.4, 0.5) is 14.5 Å². The van der Waals surface area contributed by atoms with E-state index in [0.29, 0.717) is 25.3 Å². The summed E-state index contributed by atoms with van der Waals surface area (Å²) in [6.45, 7) is 0.662. The second-order valence-corrected chi connectivity index (χ2v) is 7.27. The monoisotopic (exact) mass is 308 g/mol. The van der Waals surface area contributed by atoms with Crippen molar-refractivity contribution in [2.24, 2.45) is 0 Å². The number of nitrogen functional groups attached to an aromatic ring is 1. The van der Waals surface area contributed by atoms with Gasteiger partial charge in [0.15, 0.2) is 5.82 Å². The Labute approximate surface area is 115 Å². The van der Waals surface area contributed by atoms with Crippen LogP contribution in [0.1, 0.15) is 6.42 Å². The van der Waals surface area contributed by atoms with Gasteiger partial charge in [0.25, 0.3) is 0 Å². The molecule has 1 aliphatic rings. The van der Waals surface area contributed by atoms with E-state index in [1.54, 1.807) is 11.8 Å². The Morgan fingerprint density at radius 3 is 2.68 bits per heavy atom. The second-order valence-electron chi connectivity index (χ2n) is 4.14. The van der Waals surface area contributed by atoms with Crippen LogP contribution >= 0.6 is 11.8 Å². The molecule has 0 atom stereocenters. The van der Waals surface area contributed by atoms with Crippen molar-refractivity contribution >= 4 is 27.5 Å². The Hall–Kier alpha value is -0.860. The number of nitrogens with two attached hydrogens (primary N) is 1. The standard InChI is InChI=1S/C11H14F2N2O2S2/c12-8-2-3-9(10(13)11(8)14)19(16,17)15-4-1-6-18-7-5-15/h2-3H,1,4-7,14H2. The molecule has 1 aliphatic heterocycles. The van der Waals surface area contributed by atoms with Crippen LogP contribution < -0.4 is 5.73 Å². The molecule has 2 N–H and O–H groups in total.